The van der Waals surface area contributed by atoms with Crippen LogP contribution in [0, 0.1) is 0 Å². The molecule has 4 nitrogen and oxygen atoms in total. The number of fused-ring (bicyclic) bond motifs is 2. The predicted octanol–water partition coefficient (Wildman–Crippen LogP) is 4.43. The van der Waals surface area contributed by atoms with Gasteiger partial charge in [-0.1, -0.05) is 30.3 Å². The Balaban J connectivity index is 1.52. The summed E-state index contributed by atoms with van der Waals surface area (Å²) in [7, 11) is 0. The van der Waals surface area contributed by atoms with Crippen molar-refractivity contribution in [3.8, 4) is 0 Å². The normalized spacial score (nSPS) is 27.7. The third kappa shape index (κ3) is 2.96. The first-order chi connectivity index (χ1) is 13.7. The highest BCUT2D eigenvalue weighted by atomic mass is 32.2. The maximum Gasteiger partial charge on any atom is 0.254 e. The molecule has 2 saturated heterocycles. The molecule has 28 heavy (non-hydrogen) atoms. The third-order valence-electron chi connectivity index (χ3n) is 6.82. The van der Waals surface area contributed by atoms with Crippen LogP contribution in [0.15, 0.2) is 53.7 Å². The van der Waals surface area contributed by atoms with Crippen LogP contribution < -0.4 is 5.32 Å². The first-order valence-corrected chi connectivity index (χ1v) is 11.6. The van der Waals surface area contributed by atoms with Gasteiger partial charge in [-0.3, -0.25) is 9.69 Å². The van der Waals surface area contributed by atoms with Gasteiger partial charge in [0.25, 0.3) is 5.91 Å². The fraction of sp³-hybridized carbons (Fsp3) is 0.478. The van der Waals surface area contributed by atoms with Crippen LogP contribution in [-0.4, -0.2) is 39.7 Å². The van der Waals surface area contributed by atoms with Gasteiger partial charge in [-0.05, 0) is 62.5 Å². The summed E-state index contributed by atoms with van der Waals surface area (Å²) in [5.41, 5.74) is 1.96. The summed E-state index contributed by atoms with van der Waals surface area (Å²) in [6.45, 7) is 0. The Morgan fingerprint density at radius 2 is 1.82 bits per heavy atom. The Bertz CT molecular complexity index is 859. The second kappa shape index (κ2) is 7.20. The number of nitrogens with one attached hydrogen (secondary N) is 1. The fourth-order valence-electron chi connectivity index (χ4n) is 5.56. The lowest BCUT2D eigenvalue weighted by molar-refractivity contribution is 0.0753. The van der Waals surface area contributed by atoms with Crippen LogP contribution >= 0.6 is 11.8 Å². The van der Waals surface area contributed by atoms with Gasteiger partial charge in [-0.15, -0.1) is 11.8 Å². The summed E-state index contributed by atoms with van der Waals surface area (Å²) >= 11 is 1.53. The molecule has 5 rings (SSSR count). The van der Waals surface area contributed by atoms with Crippen molar-refractivity contribution in [2.24, 2.45) is 0 Å². The van der Waals surface area contributed by atoms with E-state index in [4.69, 9.17) is 0 Å². The first kappa shape index (κ1) is 18.2. The van der Waals surface area contributed by atoms with Crippen molar-refractivity contribution in [1.82, 2.24) is 15.2 Å². The van der Waals surface area contributed by atoms with Crippen molar-refractivity contribution < 1.29 is 4.79 Å². The number of hydrogen-bond acceptors (Lipinski definition) is 4. The Morgan fingerprint density at radius 1 is 1.11 bits per heavy atom. The van der Waals surface area contributed by atoms with Crippen molar-refractivity contribution in [1.29, 1.82) is 0 Å². The van der Waals surface area contributed by atoms with Crippen LogP contribution in [0.25, 0.3) is 0 Å². The summed E-state index contributed by atoms with van der Waals surface area (Å²) in [4.78, 5) is 20.5. The lowest BCUT2D eigenvalue weighted by Gasteiger charge is -2.43. The van der Waals surface area contributed by atoms with Gasteiger partial charge in [-0.25, -0.2) is 4.98 Å². The largest absolute Gasteiger partial charge is 0.343 e. The molecule has 1 unspecified atom stereocenters. The highest BCUT2D eigenvalue weighted by molar-refractivity contribution is 7.98. The van der Waals surface area contributed by atoms with Crippen LogP contribution in [0.4, 0.5) is 0 Å². The number of carbonyl (C=O) groups is 1. The molecule has 2 bridgehead atoms. The second-order valence-electron chi connectivity index (χ2n) is 8.35. The minimum absolute atomic E-state index is 0.00762. The van der Waals surface area contributed by atoms with E-state index in [0.29, 0.717) is 11.6 Å². The summed E-state index contributed by atoms with van der Waals surface area (Å²) in [5, 5.41) is 4.25. The summed E-state index contributed by atoms with van der Waals surface area (Å²) in [6, 6.07) is 15.8. The standard InChI is InChI=1S/C23H27N3OS/c1-28-22-19(8-5-15-24-22)21(27)25-20(16-6-3-2-4-7-16)23-13-11-18(12-14-23)26(23)17-9-10-17/h2-8,15,17-18,20H,9-14H2,1H3,(H,25,27). The molecule has 1 atom stereocenters. The van der Waals surface area contributed by atoms with E-state index in [1.165, 1.54) is 55.9 Å². The monoisotopic (exact) mass is 393 g/mol. The lowest BCUT2D eigenvalue weighted by Crippen LogP contribution is -2.53. The van der Waals surface area contributed by atoms with Gasteiger partial charge in [0.05, 0.1) is 11.6 Å². The van der Waals surface area contributed by atoms with Crippen LogP contribution in [0.5, 0.6) is 0 Å². The third-order valence-corrected chi connectivity index (χ3v) is 7.54. The van der Waals surface area contributed by atoms with E-state index in [1.54, 1.807) is 6.20 Å². The molecular formula is C23H27N3OS. The van der Waals surface area contributed by atoms with E-state index in [2.05, 4.69) is 45.5 Å². The Hall–Kier alpha value is -1.85. The topological polar surface area (TPSA) is 45.2 Å². The number of thioether (sulfide) groups is 1. The molecule has 3 fully saturated rings. The highest BCUT2D eigenvalue weighted by Gasteiger charge is 2.60. The van der Waals surface area contributed by atoms with Gasteiger partial charge in [0, 0.05) is 23.8 Å². The van der Waals surface area contributed by atoms with Crippen LogP contribution in [0.1, 0.15) is 60.5 Å². The van der Waals surface area contributed by atoms with Gasteiger partial charge in [0.15, 0.2) is 0 Å². The molecule has 0 radical (unpaired) electrons. The van der Waals surface area contributed by atoms with Crippen molar-refractivity contribution >= 4 is 17.7 Å². The summed E-state index contributed by atoms with van der Waals surface area (Å²) < 4.78 is 0. The summed E-state index contributed by atoms with van der Waals surface area (Å²) in [6.07, 6.45) is 11.2. The molecule has 1 aromatic heterocycles. The second-order valence-corrected chi connectivity index (χ2v) is 9.15. The van der Waals surface area contributed by atoms with Crippen molar-refractivity contribution in [3.05, 3.63) is 59.8 Å². The molecule has 5 heteroatoms. The van der Waals surface area contributed by atoms with Crippen LogP contribution in [0.2, 0.25) is 0 Å². The molecule has 0 spiro atoms. The molecule has 2 aliphatic heterocycles. The van der Waals surface area contributed by atoms with Crippen molar-refractivity contribution in [2.45, 2.75) is 67.2 Å². The number of nitrogens with zero attached hydrogens (tertiary/aromatic N) is 2. The molecule has 3 aliphatic rings. The molecule has 1 amide bonds. The number of pyridine rings is 1. The Labute approximate surface area is 171 Å². The van der Waals surface area contributed by atoms with Gasteiger partial charge in [0.1, 0.15) is 5.03 Å². The zero-order chi connectivity index (χ0) is 19.1. The molecule has 1 saturated carbocycles. The average molecular weight is 394 g/mol. The predicted molar refractivity (Wildman–Crippen MR) is 113 cm³/mol. The number of benzene rings is 1. The van der Waals surface area contributed by atoms with Crippen molar-refractivity contribution in [2.75, 3.05) is 6.26 Å². The zero-order valence-electron chi connectivity index (χ0n) is 16.3. The molecule has 2 aromatic rings. The highest BCUT2D eigenvalue weighted by Crippen LogP contribution is 2.56. The van der Waals surface area contributed by atoms with Crippen molar-refractivity contribution in [3.63, 3.8) is 0 Å². The molecule has 1 aromatic carbocycles. The SMILES string of the molecule is CSc1ncccc1C(=O)NC(c1ccccc1)C12CCC(CC1)N2C1CC1. The van der Waals surface area contributed by atoms with E-state index in [-0.39, 0.29) is 17.5 Å². The molecule has 1 N–H and O–H groups in total. The lowest BCUT2D eigenvalue weighted by atomic mass is 9.78. The minimum Gasteiger partial charge on any atom is -0.343 e. The van der Waals surface area contributed by atoms with Crippen LogP contribution in [-0.2, 0) is 0 Å². The number of hydrogen-bond donors (Lipinski definition) is 1. The minimum atomic E-state index is -0.00762. The van der Waals surface area contributed by atoms with E-state index in [9.17, 15) is 4.79 Å². The molecule has 3 heterocycles. The maximum atomic E-state index is 13.3. The number of aromatic nitrogens is 1. The van der Waals surface area contributed by atoms with E-state index in [0.717, 1.165) is 11.1 Å². The van der Waals surface area contributed by atoms with Gasteiger partial charge < -0.3 is 5.32 Å². The van der Waals surface area contributed by atoms with E-state index >= 15 is 0 Å². The number of amides is 1. The quantitative estimate of drug-likeness (QED) is 0.737. The van der Waals surface area contributed by atoms with E-state index in [1.807, 2.05) is 18.4 Å². The molecule has 146 valence electrons. The molecule has 1 aliphatic carbocycles. The van der Waals surface area contributed by atoms with Gasteiger partial charge >= 0.3 is 0 Å². The number of carbonyl (C=O) groups excluding carboxylic acids is 1. The average Bonchev–Trinajstić information content (AvgIpc) is 3.44. The fourth-order valence-corrected chi connectivity index (χ4v) is 6.11. The Morgan fingerprint density at radius 3 is 2.50 bits per heavy atom. The number of rotatable bonds is 6. The molecular weight excluding hydrogens is 366 g/mol. The maximum absolute atomic E-state index is 13.3. The van der Waals surface area contributed by atoms with Crippen LogP contribution in [0.3, 0.4) is 0 Å². The first-order valence-electron chi connectivity index (χ1n) is 10.4. The Kier molecular flexibility index (Phi) is 4.68. The zero-order valence-corrected chi connectivity index (χ0v) is 17.1. The van der Waals surface area contributed by atoms with Gasteiger partial charge in [0.2, 0.25) is 0 Å². The summed E-state index contributed by atoms with van der Waals surface area (Å²) in [5.74, 6) is -0.00762. The smallest absolute Gasteiger partial charge is 0.254 e. The van der Waals surface area contributed by atoms with Gasteiger partial charge in [-0.2, -0.15) is 0 Å². The van der Waals surface area contributed by atoms with E-state index < -0.39 is 0 Å².